The van der Waals surface area contributed by atoms with Gasteiger partial charge in [-0.15, -0.1) is 0 Å². The Balaban J connectivity index is 3.83. The van der Waals surface area contributed by atoms with Gasteiger partial charge >= 0.3 is 5.97 Å². The third-order valence-electron chi connectivity index (χ3n) is 2.86. The second-order valence-electron chi connectivity index (χ2n) is 6.00. The SMILES string of the molecule is CCCCCCCC(CC(C)(C)C)C(=O)O. The molecule has 0 aliphatic rings. The Morgan fingerprint density at radius 2 is 1.69 bits per heavy atom. The van der Waals surface area contributed by atoms with Crippen LogP contribution < -0.4 is 0 Å². The fourth-order valence-corrected chi connectivity index (χ4v) is 2.05. The van der Waals surface area contributed by atoms with Gasteiger partial charge in [-0.25, -0.2) is 0 Å². The van der Waals surface area contributed by atoms with Gasteiger partial charge in [0.25, 0.3) is 0 Å². The zero-order valence-corrected chi connectivity index (χ0v) is 11.4. The number of hydrogen-bond donors (Lipinski definition) is 1. The Hall–Kier alpha value is -0.530. The first-order valence-electron chi connectivity index (χ1n) is 6.59. The largest absolute Gasteiger partial charge is 0.481 e. The molecule has 0 fully saturated rings. The summed E-state index contributed by atoms with van der Waals surface area (Å²) in [6.07, 6.45) is 7.64. The van der Waals surface area contributed by atoms with E-state index >= 15 is 0 Å². The summed E-state index contributed by atoms with van der Waals surface area (Å²) in [4.78, 5) is 11.1. The number of unbranched alkanes of at least 4 members (excludes halogenated alkanes) is 4. The molecule has 0 rings (SSSR count). The number of hydrogen-bond acceptors (Lipinski definition) is 1. The van der Waals surface area contributed by atoms with E-state index in [9.17, 15) is 4.79 Å². The number of aliphatic carboxylic acids is 1. The van der Waals surface area contributed by atoms with E-state index in [1.54, 1.807) is 0 Å². The molecule has 96 valence electrons. The monoisotopic (exact) mass is 228 g/mol. The summed E-state index contributed by atoms with van der Waals surface area (Å²) in [6.45, 7) is 8.53. The average molecular weight is 228 g/mol. The second kappa shape index (κ2) is 7.70. The molecular weight excluding hydrogens is 200 g/mol. The Kier molecular flexibility index (Phi) is 7.44. The summed E-state index contributed by atoms with van der Waals surface area (Å²) in [5.41, 5.74) is 0.118. The lowest BCUT2D eigenvalue weighted by Crippen LogP contribution is -2.20. The van der Waals surface area contributed by atoms with Crippen molar-refractivity contribution in [2.75, 3.05) is 0 Å². The Labute approximate surface area is 100 Å². The third-order valence-corrected chi connectivity index (χ3v) is 2.86. The topological polar surface area (TPSA) is 37.3 Å². The molecule has 0 aromatic heterocycles. The van der Waals surface area contributed by atoms with E-state index < -0.39 is 5.97 Å². The van der Waals surface area contributed by atoms with Gasteiger partial charge in [-0.3, -0.25) is 4.79 Å². The molecule has 1 N–H and O–H groups in total. The van der Waals surface area contributed by atoms with Crippen LogP contribution in [0, 0.1) is 11.3 Å². The lowest BCUT2D eigenvalue weighted by Gasteiger charge is -2.23. The van der Waals surface area contributed by atoms with Crippen LogP contribution in [0.4, 0.5) is 0 Å². The van der Waals surface area contributed by atoms with Crippen molar-refractivity contribution in [3.05, 3.63) is 0 Å². The molecule has 2 heteroatoms. The standard InChI is InChI=1S/C14H28O2/c1-5-6-7-8-9-10-12(13(15)16)11-14(2,3)4/h12H,5-11H2,1-4H3,(H,15,16). The molecule has 0 heterocycles. The molecule has 0 bridgehead atoms. The third kappa shape index (κ3) is 8.75. The van der Waals surface area contributed by atoms with Crippen molar-refractivity contribution in [2.24, 2.45) is 11.3 Å². The number of carbonyl (C=O) groups is 1. The summed E-state index contributed by atoms with van der Waals surface area (Å²) < 4.78 is 0. The van der Waals surface area contributed by atoms with Crippen molar-refractivity contribution < 1.29 is 9.90 Å². The minimum absolute atomic E-state index is 0.118. The molecule has 1 atom stereocenters. The highest BCUT2D eigenvalue weighted by Gasteiger charge is 2.23. The van der Waals surface area contributed by atoms with E-state index in [1.807, 2.05) is 0 Å². The number of carboxylic acids is 1. The Morgan fingerprint density at radius 1 is 1.12 bits per heavy atom. The molecule has 0 aromatic rings. The lowest BCUT2D eigenvalue weighted by atomic mass is 9.82. The van der Waals surface area contributed by atoms with Crippen LogP contribution in [0.2, 0.25) is 0 Å². The van der Waals surface area contributed by atoms with Gasteiger partial charge < -0.3 is 5.11 Å². The van der Waals surface area contributed by atoms with E-state index in [2.05, 4.69) is 27.7 Å². The van der Waals surface area contributed by atoms with Crippen LogP contribution in [-0.2, 0) is 4.79 Å². The van der Waals surface area contributed by atoms with E-state index in [0.717, 1.165) is 19.3 Å². The van der Waals surface area contributed by atoms with Gasteiger partial charge in [-0.2, -0.15) is 0 Å². The van der Waals surface area contributed by atoms with Crippen LogP contribution in [0.25, 0.3) is 0 Å². The normalized spacial score (nSPS) is 13.8. The van der Waals surface area contributed by atoms with E-state index in [0.29, 0.717) is 0 Å². The molecule has 0 saturated heterocycles. The summed E-state index contributed by atoms with van der Waals surface area (Å²) in [7, 11) is 0. The van der Waals surface area contributed by atoms with Crippen LogP contribution in [-0.4, -0.2) is 11.1 Å². The van der Waals surface area contributed by atoms with Gasteiger partial charge in [-0.1, -0.05) is 59.8 Å². The maximum absolute atomic E-state index is 11.1. The molecule has 0 saturated carbocycles. The molecule has 0 spiro atoms. The molecule has 1 unspecified atom stereocenters. The van der Waals surface area contributed by atoms with E-state index in [-0.39, 0.29) is 11.3 Å². The first kappa shape index (κ1) is 15.5. The number of rotatable bonds is 8. The van der Waals surface area contributed by atoms with Crippen molar-refractivity contribution >= 4 is 5.97 Å². The minimum atomic E-state index is -0.620. The van der Waals surface area contributed by atoms with Gasteiger partial charge in [0.1, 0.15) is 0 Å². The van der Waals surface area contributed by atoms with Gasteiger partial charge in [0, 0.05) is 0 Å². The van der Waals surface area contributed by atoms with Crippen molar-refractivity contribution in [1.82, 2.24) is 0 Å². The highest BCUT2D eigenvalue weighted by atomic mass is 16.4. The fraction of sp³-hybridized carbons (Fsp3) is 0.929. The Morgan fingerprint density at radius 3 is 2.12 bits per heavy atom. The smallest absolute Gasteiger partial charge is 0.306 e. The van der Waals surface area contributed by atoms with Crippen molar-refractivity contribution in [3.8, 4) is 0 Å². The molecule has 16 heavy (non-hydrogen) atoms. The van der Waals surface area contributed by atoms with Gasteiger partial charge in [0.2, 0.25) is 0 Å². The summed E-state index contributed by atoms with van der Waals surface area (Å²) in [5.74, 6) is -0.771. The van der Waals surface area contributed by atoms with Crippen molar-refractivity contribution in [3.63, 3.8) is 0 Å². The first-order chi connectivity index (χ1) is 7.37. The maximum Gasteiger partial charge on any atom is 0.306 e. The van der Waals surface area contributed by atoms with Crippen LogP contribution in [0.5, 0.6) is 0 Å². The minimum Gasteiger partial charge on any atom is -0.481 e. The highest BCUT2D eigenvalue weighted by Crippen LogP contribution is 2.27. The molecule has 0 aromatic carbocycles. The lowest BCUT2D eigenvalue weighted by molar-refractivity contribution is -0.143. The Bertz CT molecular complexity index is 191. The molecule has 0 aliphatic carbocycles. The van der Waals surface area contributed by atoms with Crippen LogP contribution in [0.1, 0.15) is 72.6 Å². The zero-order chi connectivity index (χ0) is 12.6. The molecule has 0 radical (unpaired) electrons. The molecular formula is C14H28O2. The molecule has 2 nitrogen and oxygen atoms in total. The predicted molar refractivity (Wildman–Crippen MR) is 68.6 cm³/mol. The fourth-order valence-electron chi connectivity index (χ4n) is 2.05. The van der Waals surface area contributed by atoms with Crippen molar-refractivity contribution in [1.29, 1.82) is 0 Å². The first-order valence-corrected chi connectivity index (χ1v) is 6.59. The van der Waals surface area contributed by atoms with Gasteiger partial charge in [-0.05, 0) is 18.3 Å². The van der Waals surface area contributed by atoms with Gasteiger partial charge in [0.05, 0.1) is 5.92 Å². The van der Waals surface area contributed by atoms with E-state index in [1.165, 1.54) is 25.7 Å². The van der Waals surface area contributed by atoms with Crippen LogP contribution in [0.3, 0.4) is 0 Å². The summed E-state index contributed by atoms with van der Waals surface area (Å²) in [6, 6.07) is 0. The highest BCUT2D eigenvalue weighted by molar-refractivity contribution is 5.69. The van der Waals surface area contributed by atoms with Crippen LogP contribution in [0.15, 0.2) is 0 Å². The molecule has 0 amide bonds. The quantitative estimate of drug-likeness (QED) is 0.622. The summed E-state index contributed by atoms with van der Waals surface area (Å²) >= 11 is 0. The zero-order valence-electron chi connectivity index (χ0n) is 11.4. The molecule has 0 aliphatic heterocycles. The van der Waals surface area contributed by atoms with Crippen LogP contribution >= 0.6 is 0 Å². The van der Waals surface area contributed by atoms with Crippen molar-refractivity contribution in [2.45, 2.75) is 72.6 Å². The van der Waals surface area contributed by atoms with Gasteiger partial charge in [0.15, 0.2) is 0 Å². The predicted octanol–water partition coefficient (Wildman–Crippen LogP) is 4.48. The average Bonchev–Trinajstić information content (AvgIpc) is 2.13. The number of carboxylic acid groups (broad SMARTS) is 1. The van der Waals surface area contributed by atoms with E-state index in [4.69, 9.17) is 5.11 Å². The second-order valence-corrected chi connectivity index (χ2v) is 6.00. The summed E-state index contributed by atoms with van der Waals surface area (Å²) in [5, 5.41) is 9.14. The maximum atomic E-state index is 11.1.